The minimum atomic E-state index is -0.352. The molecule has 11 heteroatoms. The zero-order valence-electron chi connectivity index (χ0n) is 27.3. The van der Waals surface area contributed by atoms with Crippen LogP contribution in [0.1, 0.15) is 73.5 Å². The van der Waals surface area contributed by atoms with Crippen molar-refractivity contribution in [3.05, 3.63) is 85.7 Å². The maximum atomic E-state index is 13.4. The summed E-state index contributed by atoms with van der Waals surface area (Å²) in [4.78, 5) is 66.0. The van der Waals surface area contributed by atoms with E-state index in [2.05, 4.69) is 4.98 Å². The lowest BCUT2D eigenvalue weighted by molar-refractivity contribution is -0.119. The summed E-state index contributed by atoms with van der Waals surface area (Å²) in [6.45, 7) is 8.85. The van der Waals surface area contributed by atoms with E-state index >= 15 is 0 Å². The molecule has 0 spiro atoms. The summed E-state index contributed by atoms with van der Waals surface area (Å²) in [6.07, 6.45) is 5.09. The lowest BCUT2D eigenvalue weighted by Crippen LogP contribution is -2.41. The second-order valence-corrected chi connectivity index (χ2v) is 12.4. The Kier molecular flexibility index (Phi) is 10.6. The first kappa shape index (κ1) is 33.0. The summed E-state index contributed by atoms with van der Waals surface area (Å²) >= 11 is 0. The van der Waals surface area contributed by atoms with Gasteiger partial charge in [0.1, 0.15) is 11.6 Å². The van der Waals surface area contributed by atoms with Crippen LogP contribution in [0.2, 0.25) is 0 Å². The fraction of sp³-hybridized carbons (Fsp3) is 0.486. The largest absolute Gasteiger partial charge is 0.385 e. The molecule has 2 aliphatic rings. The highest BCUT2D eigenvalue weighted by atomic mass is 16.5. The third kappa shape index (κ3) is 7.04. The fourth-order valence-corrected chi connectivity index (χ4v) is 6.17. The minimum Gasteiger partial charge on any atom is -0.385 e. The molecule has 3 aromatic rings. The molecular weight excluding hydrogens is 584 g/mol. The molecule has 4 heterocycles. The molecule has 0 unspecified atom stereocenters. The predicted molar refractivity (Wildman–Crippen MR) is 178 cm³/mol. The van der Waals surface area contributed by atoms with Gasteiger partial charge in [0.2, 0.25) is 5.91 Å². The number of anilines is 1. The highest BCUT2D eigenvalue weighted by Gasteiger charge is 2.27. The van der Waals surface area contributed by atoms with Crippen LogP contribution in [-0.4, -0.2) is 69.9 Å². The Morgan fingerprint density at radius 1 is 1.02 bits per heavy atom. The van der Waals surface area contributed by atoms with Gasteiger partial charge in [0.25, 0.3) is 11.5 Å². The molecule has 0 bridgehead atoms. The molecule has 0 saturated carbocycles. The third-order valence-corrected chi connectivity index (χ3v) is 8.49. The predicted octanol–water partition coefficient (Wildman–Crippen LogP) is 4.00. The number of ether oxygens (including phenoxy) is 1. The van der Waals surface area contributed by atoms with Crippen molar-refractivity contribution in [3.63, 3.8) is 0 Å². The van der Waals surface area contributed by atoms with Gasteiger partial charge in [0, 0.05) is 76.6 Å². The van der Waals surface area contributed by atoms with Crippen LogP contribution in [0.3, 0.4) is 0 Å². The van der Waals surface area contributed by atoms with E-state index in [0.29, 0.717) is 81.4 Å². The zero-order valence-corrected chi connectivity index (χ0v) is 27.3. The summed E-state index contributed by atoms with van der Waals surface area (Å²) in [5.41, 5.74) is 3.07. The summed E-state index contributed by atoms with van der Waals surface area (Å²) in [7, 11) is 1.59. The van der Waals surface area contributed by atoms with Gasteiger partial charge in [-0.2, -0.15) is 0 Å². The van der Waals surface area contributed by atoms with E-state index < -0.39 is 0 Å². The summed E-state index contributed by atoms with van der Waals surface area (Å²) < 4.78 is 8.01. The molecule has 244 valence electrons. The molecule has 11 nitrogen and oxygen atoms in total. The van der Waals surface area contributed by atoms with Gasteiger partial charge < -0.3 is 9.64 Å². The number of aliphatic imine (C=N–C) groups is 1. The Morgan fingerprint density at radius 2 is 1.83 bits per heavy atom. The standard InChI is InChI=1S/C35H44N6O5/c1-5-15-40-32-28(34(44)41(35(40)45)18-9-20-46-4)22-29(37-32)26-12-13-30(36-23-26)39(31(42)21-24(2)3)17-8-16-38-19-14-25-10-6-7-11-27(25)33(38)43/h6-7,10-13,23-24H,5,8-9,14-22H2,1-4H3. The maximum absolute atomic E-state index is 13.4. The molecule has 0 fully saturated rings. The fourth-order valence-electron chi connectivity index (χ4n) is 6.17. The second-order valence-electron chi connectivity index (χ2n) is 12.4. The average molecular weight is 629 g/mol. The Balaban J connectivity index is 1.33. The lowest BCUT2D eigenvalue weighted by Gasteiger charge is -2.30. The molecule has 0 atom stereocenters. The molecule has 2 aromatic heterocycles. The van der Waals surface area contributed by atoms with Crippen molar-refractivity contribution in [1.82, 2.24) is 19.0 Å². The number of methoxy groups -OCH3 is 1. The van der Waals surface area contributed by atoms with Gasteiger partial charge in [-0.15, -0.1) is 0 Å². The monoisotopic (exact) mass is 628 g/mol. The van der Waals surface area contributed by atoms with Crippen molar-refractivity contribution in [1.29, 1.82) is 0 Å². The molecule has 2 aliphatic heterocycles. The maximum Gasteiger partial charge on any atom is 0.332 e. The van der Waals surface area contributed by atoms with Crippen molar-refractivity contribution < 1.29 is 14.3 Å². The molecule has 2 amide bonds. The van der Waals surface area contributed by atoms with Crippen molar-refractivity contribution in [3.8, 4) is 0 Å². The molecule has 0 aliphatic carbocycles. The van der Waals surface area contributed by atoms with Crippen molar-refractivity contribution in [2.45, 2.75) is 72.4 Å². The number of carbonyl (C=O) groups is 2. The van der Waals surface area contributed by atoms with Gasteiger partial charge in [-0.25, -0.2) is 14.8 Å². The smallest absolute Gasteiger partial charge is 0.332 e. The van der Waals surface area contributed by atoms with Crippen LogP contribution in [0.15, 0.2) is 57.2 Å². The van der Waals surface area contributed by atoms with E-state index in [9.17, 15) is 19.2 Å². The summed E-state index contributed by atoms with van der Waals surface area (Å²) in [6, 6.07) is 11.4. The van der Waals surface area contributed by atoms with Crippen LogP contribution in [-0.2, 0) is 35.5 Å². The van der Waals surface area contributed by atoms with Crippen LogP contribution in [0.25, 0.3) is 0 Å². The molecular formula is C35H44N6O5. The number of hydrogen-bond acceptors (Lipinski definition) is 7. The van der Waals surface area contributed by atoms with Crippen molar-refractivity contribution in [2.75, 3.05) is 38.3 Å². The first-order valence-corrected chi connectivity index (χ1v) is 16.3. The first-order chi connectivity index (χ1) is 22.2. The topological polar surface area (TPSA) is 119 Å². The molecule has 46 heavy (non-hydrogen) atoms. The van der Waals surface area contributed by atoms with Crippen LogP contribution < -0.4 is 16.1 Å². The summed E-state index contributed by atoms with van der Waals surface area (Å²) in [5, 5.41) is 0. The lowest BCUT2D eigenvalue weighted by atomic mass is 9.99. The van der Waals surface area contributed by atoms with Crippen LogP contribution >= 0.6 is 0 Å². The number of amides is 2. The molecule has 0 N–H and O–H groups in total. The minimum absolute atomic E-state index is 0.0196. The zero-order chi connectivity index (χ0) is 32.8. The van der Waals surface area contributed by atoms with Gasteiger partial charge in [0.05, 0.1) is 11.3 Å². The van der Waals surface area contributed by atoms with E-state index in [1.807, 2.05) is 62.1 Å². The van der Waals surface area contributed by atoms with E-state index in [0.717, 1.165) is 29.5 Å². The van der Waals surface area contributed by atoms with Crippen LogP contribution in [0, 0.1) is 5.92 Å². The number of fused-ring (bicyclic) bond motifs is 2. The molecule has 1 aromatic carbocycles. The highest BCUT2D eigenvalue weighted by molar-refractivity contribution is 6.06. The van der Waals surface area contributed by atoms with E-state index in [1.54, 1.807) is 22.8 Å². The molecule has 5 rings (SSSR count). The van der Waals surface area contributed by atoms with Crippen molar-refractivity contribution >= 4 is 29.2 Å². The van der Waals surface area contributed by atoms with Crippen LogP contribution in [0.4, 0.5) is 11.6 Å². The Bertz CT molecular complexity index is 1720. The van der Waals surface area contributed by atoms with Gasteiger partial charge in [0.15, 0.2) is 0 Å². The number of rotatable bonds is 14. The first-order valence-electron chi connectivity index (χ1n) is 16.3. The van der Waals surface area contributed by atoms with E-state index in [1.165, 1.54) is 4.57 Å². The quantitative estimate of drug-likeness (QED) is 0.249. The number of aromatic nitrogens is 3. The number of pyridine rings is 1. The summed E-state index contributed by atoms with van der Waals surface area (Å²) in [5.74, 6) is 1.15. The Morgan fingerprint density at radius 3 is 2.54 bits per heavy atom. The second kappa shape index (κ2) is 14.8. The van der Waals surface area contributed by atoms with Crippen LogP contribution in [0.5, 0.6) is 0 Å². The number of carbonyl (C=O) groups excluding carboxylic acids is 2. The number of hydrogen-bond donors (Lipinski definition) is 0. The van der Waals surface area contributed by atoms with Gasteiger partial charge in [-0.1, -0.05) is 39.0 Å². The Hall–Kier alpha value is -4.38. The van der Waals surface area contributed by atoms with Crippen molar-refractivity contribution in [2.24, 2.45) is 10.9 Å². The molecule has 0 radical (unpaired) electrons. The SMILES string of the molecule is CCCn1c2c(c(=O)n(CCCOC)c1=O)CC(c1ccc(N(CCCN3CCc4ccccc4C3=O)C(=O)CC(C)C)nc1)=N2. The van der Waals surface area contributed by atoms with E-state index in [4.69, 9.17) is 9.73 Å². The number of benzene rings is 1. The highest BCUT2D eigenvalue weighted by Crippen LogP contribution is 2.27. The number of nitrogens with zero attached hydrogens (tertiary/aromatic N) is 6. The van der Waals surface area contributed by atoms with Gasteiger partial charge in [-0.05, 0) is 55.4 Å². The normalized spacial score (nSPS) is 14.0. The Labute approximate surface area is 269 Å². The van der Waals surface area contributed by atoms with Gasteiger partial charge >= 0.3 is 5.69 Å². The van der Waals surface area contributed by atoms with E-state index in [-0.39, 0.29) is 35.5 Å². The third-order valence-electron chi connectivity index (χ3n) is 8.49. The van der Waals surface area contributed by atoms with Gasteiger partial charge in [-0.3, -0.25) is 28.4 Å². The average Bonchev–Trinajstić information content (AvgIpc) is 3.49. The molecule has 0 saturated heterocycles.